The van der Waals surface area contributed by atoms with Crippen LogP contribution >= 0.6 is 0 Å². The van der Waals surface area contributed by atoms with Gasteiger partial charge in [0.1, 0.15) is 5.75 Å². The van der Waals surface area contributed by atoms with Gasteiger partial charge in [0.25, 0.3) is 0 Å². The minimum Gasteiger partial charge on any atom is -0.507 e. The number of hydrogen-bond donors (Lipinski definition) is 1. The van der Waals surface area contributed by atoms with Crippen LogP contribution in [0.1, 0.15) is 23.1 Å². The van der Waals surface area contributed by atoms with Gasteiger partial charge in [-0.05, 0) is 36.8 Å². The van der Waals surface area contributed by atoms with Gasteiger partial charge in [0, 0.05) is 12.0 Å². The predicted molar refractivity (Wildman–Crippen MR) is 103 cm³/mol. The molecule has 3 aromatic rings. The van der Waals surface area contributed by atoms with E-state index in [1.54, 1.807) is 6.07 Å². The van der Waals surface area contributed by atoms with Crippen molar-refractivity contribution in [2.75, 3.05) is 0 Å². The highest BCUT2D eigenvalue weighted by atomic mass is 16.3. The molecule has 0 unspecified atom stereocenters. The molecule has 1 aliphatic heterocycles. The van der Waals surface area contributed by atoms with Crippen molar-refractivity contribution in [3.05, 3.63) is 89.5 Å². The molecular weight excluding hydrogens is 308 g/mol. The number of aliphatic imine (C=N–C) groups is 2. The molecule has 25 heavy (non-hydrogen) atoms. The molecule has 0 aromatic heterocycles. The molecule has 0 atom stereocenters. The smallest absolute Gasteiger partial charge is 0.124 e. The third-order valence-electron chi connectivity index (χ3n) is 4.29. The number of aromatic hydroxyl groups is 1. The zero-order chi connectivity index (χ0) is 17.2. The average Bonchev–Trinajstić information content (AvgIpc) is 2.81. The van der Waals surface area contributed by atoms with Crippen LogP contribution in [0, 0.1) is 6.92 Å². The van der Waals surface area contributed by atoms with Gasteiger partial charge in [-0.25, -0.2) is 0 Å². The lowest BCUT2D eigenvalue weighted by molar-refractivity contribution is 0.474. The first kappa shape index (κ1) is 15.3. The van der Waals surface area contributed by atoms with Crippen molar-refractivity contribution < 1.29 is 5.11 Å². The molecule has 0 radical (unpaired) electrons. The van der Waals surface area contributed by atoms with Crippen LogP contribution in [-0.2, 0) is 0 Å². The Morgan fingerprint density at radius 1 is 0.760 bits per heavy atom. The highest BCUT2D eigenvalue weighted by Crippen LogP contribution is 2.33. The van der Waals surface area contributed by atoms with E-state index < -0.39 is 0 Å². The molecule has 0 saturated heterocycles. The lowest BCUT2D eigenvalue weighted by Crippen LogP contribution is -2.10. The van der Waals surface area contributed by atoms with E-state index in [9.17, 15) is 5.11 Å². The summed E-state index contributed by atoms with van der Waals surface area (Å²) in [6.07, 6.45) is 0.565. The van der Waals surface area contributed by atoms with Crippen molar-refractivity contribution in [2.45, 2.75) is 13.3 Å². The quantitative estimate of drug-likeness (QED) is 0.678. The summed E-state index contributed by atoms with van der Waals surface area (Å²) in [6, 6.07) is 23.5. The summed E-state index contributed by atoms with van der Waals surface area (Å²) in [6.45, 7) is 2.08. The van der Waals surface area contributed by atoms with Gasteiger partial charge in [-0.2, -0.15) is 0 Å². The Hall–Kier alpha value is -3.20. The molecule has 0 aliphatic carbocycles. The van der Waals surface area contributed by atoms with Crippen LogP contribution in [0.5, 0.6) is 5.75 Å². The van der Waals surface area contributed by atoms with Crippen molar-refractivity contribution in [3.8, 4) is 5.75 Å². The maximum Gasteiger partial charge on any atom is 0.124 e. The van der Waals surface area contributed by atoms with E-state index >= 15 is 0 Å². The van der Waals surface area contributed by atoms with Crippen LogP contribution in [0.4, 0.5) is 11.4 Å². The maximum absolute atomic E-state index is 10.3. The molecule has 0 fully saturated rings. The van der Waals surface area contributed by atoms with Crippen molar-refractivity contribution in [1.29, 1.82) is 0 Å². The number of rotatable bonds is 2. The molecule has 1 aliphatic rings. The summed E-state index contributed by atoms with van der Waals surface area (Å²) in [5.74, 6) is 0.240. The molecule has 1 heterocycles. The predicted octanol–water partition coefficient (Wildman–Crippen LogP) is 5.35. The topological polar surface area (TPSA) is 45.0 Å². The summed E-state index contributed by atoms with van der Waals surface area (Å²) in [5.41, 5.74) is 6.48. The van der Waals surface area contributed by atoms with E-state index in [-0.39, 0.29) is 5.75 Å². The first-order chi connectivity index (χ1) is 12.2. The fourth-order valence-corrected chi connectivity index (χ4v) is 3.05. The van der Waals surface area contributed by atoms with Gasteiger partial charge in [-0.15, -0.1) is 0 Å². The Morgan fingerprint density at radius 3 is 2.16 bits per heavy atom. The molecule has 3 heteroatoms. The van der Waals surface area contributed by atoms with Gasteiger partial charge in [0.15, 0.2) is 0 Å². The van der Waals surface area contributed by atoms with Crippen LogP contribution < -0.4 is 0 Å². The van der Waals surface area contributed by atoms with Crippen LogP contribution in [0.25, 0.3) is 0 Å². The fourth-order valence-electron chi connectivity index (χ4n) is 3.05. The molecule has 0 bridgehead atoms. The van der Waals surface area contributed by atoms with Gasteiger partial charge in [-0.3, -0.25) is 9.98 Å². The fraction of sp³-hybridized carbons (Fsp3) is 0.0909. The molecule has 3 aromatic carbocycles. The van der Waals surface area contributed by atoms with Gasteiger partial charge in [0.2, 0.25) is 0 Å². The normalized spacial score (nSPS) is 13.5. The third kappa shape index (κ3) is 3.09. The van der Waals surface area contributed by atoms with E-state index in [1.807, 2.05) is 48.5 Å². The molecule has 0 saturated carbocycles. The standard InChI is InChI=1S/C22H18N2O/c1-15-7-6-8-16(13-15)20-14-21(17-9-2-5-12-22(17)25)24-19-11-4-3-10-18(19)23-20/h2-13,25H,14H2,1H3. The second-order valence-corrected chi connectivity index (χ2v) is 6.17. The van der Waals surface area contributed by atoms with Crippen LogP contribution in [0.15, 0.2) is 82.8 Å². The number of phenols is 1. The zero-order valence-electron chi connectivity index (χ0n) is 14.0. The summed E-state index contributed by atoms with van der Waals surface area (Å²) in [7, 11) is 0. The van der Waals surface area contributed by atoms with E-state index in [1.165, 1.54) is 5.56 Å². The summed E-state index contributed by atoms with van der Waals surface area (Å²) >= 11 is 0. The summed E-state index contributed by atoms with van der Waals surface area (Å²) < 4.78 is 0. The Balaban J connectivity index is 1.90. The zero-order valence-corrected chi connectivity index (χ0v) is 14.0. The van der Waals surface area contributed by atoms with E-state index in [0.717, 1.165) is 33.9 Å². The molecular formula is C22H18N2O. The summed E-state index contributed by atoms with van der Waals surface area (Å²) in [5, 5.41) is 10.3. The number of nitrogens with zero attached hydrogens (tertiary/aromatic N) is 2. The minimum atomic E-state index is 0.240. The molecule has 4 rings (SSSR count). The van der Waals surface area contributed by atoms with Crippen LogP contribution in [0.2, 0.25) is 0 Å². The second kappa shape index (κ2) is 6.36. The highest BCUT2D eigenvalue weighted by molar-refractivity contribution is 6.21. The van der Waals surface area contributed by atoms with Crippen molar-refractivity contribution >= 4 is 22.8 Å². The monoisotopic (exact) mass is 326 g/mol. The largest absolute Gasteiger partial charge is 0.507 e. The maximum atomic E-state index is 10.3. The molecule has 0 amide bonds. The minimum absolute atomic E-state index is 0.240. The lowest BCUT2D eigenvalue weighted by atomic mass is 9.98. The van der Waals surface area contributed by atoms with Crippen LogP contribution in [-0.4, -0.2) is 16.5 Å². The Kier molecular flexibility index (Phi) is 3.90. The van der Waals surface area contributed by atoms with Crippen molar-refractivity contribution in [2.24, 2.45) is 9.98 Å². The van der Waals surface area contributed by atoms with E-state index in [4.69, 9.17) is 9.98 Å². The molecule has 3 nitrogen and oxygen atoms in total. The number of aryl methyl sites for hydroxylation is 1. The second-order valence-electron chi connectivity index (χ2n) is 6.17. The van der Waals surface area contributed by atoms with Gasteiger partial charge < -0.3 is 5.11 Å². The third-order valence-corrected chi connectivity index (χ3v) is 4.29. The Bertz CT molecular complexity index is 1000. The van der Waals surface area contributed by atoms with Crippen molar-refractivity contribution in [1.82, 2.24) is 0 Å². The van der Waals surface area contributed by atoms with Gasteiger partial charge in [-0.1, -0.05) is 54.1 Å². The number of phenolic OH excluding ortho intramolecular Hbond substituents is 1. The molecule has 0 spiro atoms. The Labute approximate surface area is 147 Å². The number of para-hydroxylation sites is 3. The SMILES string of the molecule is Cc1cccc(C2=Nc3ccccc3N=C(c3ccccc3O)C2)c1. The van der Waals surface area contributed by atoms with E-state index in [0.29, 0.717) is 6.42 Å². The van der Waals surface area contributed by atoms with Gasteiger partial charge >= 0.3 is 0 Å². The summed E-state index contributed by atoms with van der Waals surface area (Å²) in [4.78, 5) is 9.69. The molecule has 1 N–H and O–H groups in total. The van der Waals surface area contributed by atoms with Gasteiger partial charge in [0.05, 0.1) is 22.8 Å². The van der Waals surface area contributed by atoms with Crippen molar-refractivity contribution in [3.63, 3.8) is 0 Å². The Morgan fingerprint density at radius 2 is 1.44 bits per heavy atom. The lowest BCUT2D eigenvalue weighted by Gasteiger charge is -2.10. The first-order valence-electron chi connectivity index (χ1n) is 8.30. The number of benzene rings is 3. The number of hydrogen-bond acceptors (Lipinski definition) is 3. The van der Waals surface area contributed by atoms with Crippen LogP contribution in [0.3, 0.4) is 0 Å². The van der Waals surface area contributed by atoms with E-state index in [2.05, 4.69) is 25.1 Å². The first-order valence-corrected chi connectivity index (χ1v) is 8.30. The molecule has 122 valence electrons. The average molecular weight is 326 g/mol. The highest BCUT2D eigenvalue weighted by Gasteiger charge is 2.18. The number of fused-ring (bicyclic) bond motifs is 1.